The van der Waals surface area contributed by atoms with Gasteiger partial charge >= 0.3 is 5.97 Å². The molecule has 0 N–H and O–H groups in total. The zero-order valence-corrected chi connectivity index (χ0v) is 15.1. The molecule has 140 valence electrons. The summed E-state index contributed by atoms with van der Waals surface area (Å²) in [6, 6.07) is 15.6. The third-order valence-corrected chi connectivity index (χ3v) is 3.78. The van der Waals surface area contributed by atoms with Gasteiger partial charge in [0.1, 0.15) is 12.4 Å². The first kappa shape index (κ1) is 19.9. The van der Waals surface area contributed by atoms with Gasteiger partial charge in [-0.3, -0.25) is 9.59 Å². The van der Waals surface area contributed by atoms with Gasteiger partial charge in [-0.25, -0.2) is 4.79 Å². The largest absolute Gasteiger partial charge is 0.484 e. The maximum Gasteiger partial charge on any atom is 0.330 e. The van der Waals surface area contributed by atoms with Gasteiger partial charge in [0.25, 0.3) is 5.91 Å². The molecule has 2 aromatic carbocycles. The lowest BCUT2D eigenvalue weighted by Crippen LogP contribution is -2.34. The monoisotopic (exact) mass is 367 g/mol. The first-order valence-corrected chi connectivity index (χ1v) is 8.37. The minimum absolute atomic E-state index is 0.0768. The number of nitrogens with zero attached hydrogens (tertiary/aromatic N) is 1. The summed E-state index contributed by atoms with van der Waals surface area (Å²) in [4.78, 5) is 36.7. The van der Waals surface area contributed by atoms with Crippen molar-refractivity contribution < 1.29 is 23.9 Å². The van der Waals surface area contributed by atoms with E-state index in [1.807, 2.05) is 18.2 Å². The van der Waals surface area contributed by atoms with Crippen LogP contribution in [0.1, 0.15) is 15.9 Å². The Hall–Kier alpha value is -3.41. The maximum atomic E-state index is 12.3. The Balaban J connectivity index is 1.82. The second-order valence-electron chi connectivity index (χ2n) is 5.70. The van der Waals surface area contributed by atoms with E-state index in [2.05, 4.69) is 6.58 Å². The number of amides is 1. The van der Waals surface area contributed by atoms with Gasteiger partial charge in [0.2, 0.25) is 0 Å². The Morgan fingerprint density at radius 2 is 1.63 bits per heavy atom. The minimum atomic E-state index is -0.530. The second kappa shape index (κ2) is 9.91. The molecule has 2 aromatic rings. The molecule has 0 spiro atoms. The zero-order valence-electron chi connectivity index (χ0n) is 15.1. The Kier molecular flexibility index (Phi) is 7.31. The van der Waals surface area contributed by atoms with Gasteiger partial charge in [-0.2, -0.15) is 0 Å². The van der Waals surface area contributed by atoms with Crippen molar-refractivity contribution >= 4 is 17.7 Å². The number of likely N-dealkylation sites (N-methyl/N-ethyl adjacent to an activating group) is 1. The molecule has 0 bridgehead atoms. The van der Waals surface area contributed by atoms with Crippen molar-refractivity contribution in [1.29, 1.82) is 0 Å². The molecule has 0 saturated heterocycles. The van der Waals surface area contributed by atoms with Gasteiger partial charge in [0.05, 0.1) is 6.54 Å². The smallest absolute Gasteiger partial charge is 0.330 e. The highest BCUT2D eigenvalue weighted by Gasteiger charge is 2.11. The molecule has 0 saturated carbocycles. The normalized spacial score (nSPS) is 9.96. The van der Waals surface area contributed by atoms with Crippen LogP contribution in [0.2, 0.25) is 0 Å². The number of hydrogen-bond acceptors (Lipinski definition) is 5. The molecule has 0 unspecified atom stereocenters. The van der Waals surface area contributed by atoms with Crippen molar-refractivity contribution in [3.63, 3.8) is 0 Å². The van der Waals surface area contributed by atoms with Gasteiger partial charge in [-0.15, -0.1) is 0 Å². The number of ether oxygens (including phenoxy) is 2. The first-order chi connectivity index (χ1) is 13.0. The molecule has 0 aliphatic rings. The molecule has 6 heteroatoms. The first-order valence-electron chi connectivity index (χ1n) is 8.37. The number of esters is 1. The van der Waals surface area contributed by atoms with Crippen LogP contribution in [0.3, 0.4) is 0 Å². The second-order valence-corrected chi connectivity index (χ2v) is 5.70. The van der Waals surface area contributed by atoms with Crippen LogP contribution in [0.25, 0.3) is 0 Å². The van der Waals surface area contributed by atoms with Gasteiger partial charge in [-0.05, 0) is 24.3 Å². The summed E-state index contributed by atoms with van der Waals surface area (Å²) in [5.41, 5.74) is 1.15. The van der Waals surface area contributed by atoms with Crippen LogP contribution < -0.4 is 4.74 Å². The molecule has 0 atom stereocenters. The van der Waals surface area contributed by atoms with E-state index in [4.69, 9.17) is 9.47 Å². The number of carbonyl (C=O) groups is 3. The van der Waals surface area contributed by atoms with Gasteiger partial charge in [0, 0.05) is 24.3 Å². The fraction of sp³-hybridized carbons (Fsp3) is 0.190. The van der Waals surface area contributed by atoms with Crippen molar-refractivity contribution in [1.82, 2.24) is 4.90 Å². The average Bonchev–Trinajstić information content (AvgIpc) is 2.72. The molecule has 0 radical (unpaired) electrons. The van der Waals surface area contributed by atoms with E-state index < -0.39 is 5.97 Å². The fourth-order valence-corrected chi connectivity index (χ4v) is 2.18. The molecule has 27 heavy (non-hydrogen) atoms. The Labute approximate surface area is 158 Å². The summed E-state index contributed by atoms with van der Waals surface area (Å²) in [6.07, 6.45) is 1.07. The van der Waals surface area contributed by atoms with Crippen LogP contribution in [-0.2, 0) is 14.3 Å². The summed E-state index contributed by atoms with van der Waals surface area (Å²) in [7, 11) is 1.59. The molecular weight excluding hydrogens is 346 g/mol. The van der Waals surface area contributed by atoms with E-state index in [9.17, 15) is 14.4 Å². The highest BCUT2D eigenvalue weighted by Crippen LogP contribution is 2.15. The van der Waals surface area contributed by atoms with Gasteiger partial charge in [-0.1, -0.05) is 36.9 Å². The van der Waals surface area contributed by atoms with Crippen molar-refractivity contribution in [2.24, 2.45) is 0 Å². The molecule has 0 fully saturated rings. The number of ketones is 1. The molecule has 0 aliphatic carbocycles. The summed E-state index contributed by atoms with van der Waals surface area (Å²) >= 11 is 0. The van der Waals surface area contributed by atoms with Crippen LogP contribution in [0, 0.1) is 0 Å². The fourth-order valence-electron chi connectivity index (χ4n) is 2.18. The SMILES string of the molecule is C=CC(=O)OCCN(C)C(=O)COc1ccc(C(=O)c2ccccc2)cc1. The quantitative estimate of drug-likeness (QED) is 0.387. The maximum absolute atomic E-state index is 12.3. The minimum Gasteiger partial charge on any atom is -0.484 e. The molecule has 0 aromatic heterocycles. The lowest BCUT2D eigenvalue weighted by molar-refractivity contribution is -0.140. The lowest BCUT2D eigenvalue weighted by atomic mass is 10.0. The zero-order chi connectivity index (χ0) is 19.6. The Morgan fingerprint density at radius 3 is 2.26 bits per heavy atom. The molecule has 6 nitrogen and oxygen atoms in total. The standard InChI is InChI=1S/C21H21NO5/c1-3-20(24)26-14-13-22(2)19(23)15-27-18-11-9-17(10-12-18)21(25)16-7-5-4-6-8-16/h3-12H,1,13-15H2,2H3. The summed E-state index contributed by atoms with van der Waals surface area (Å²) < 4.78 is 10.3. The van der Waals surface area contributed by atoms with Gasteiger partial charge < -0.3 is 14.4 Å². The number of rotatable bonds is 9. The molecule has 0 aliphatic heterocycles. The predicted octanol–water partition coefficient (Wildman–Crippen LogP) is 2.48. The van der Waals surface area contributed by atoms with Crippen LogP contribution in [0.5, 0.6) is 5.75 Å². The highest BCUT2D eigenvalue weighted by atomic mass is 16.5. The molecule has 1 amide bonds. The predicted molar refractivity (Wildman–Crippen MR) is 101 cm³/mol. The van der Waals surface area contributed by atoms with E-state index in [-0.39, 0.29) is 31.4 Å². The summed E-state index contributed by atoms with van der Waals surface area (Å²) in [5.74, 6) is -0.377. The van der Waals surface area contributed by atoms with Crippen LogP contribution in [0.15, 0.2) is 67.3 Å². The van der Waals surface area contributed by atoms with E-state index in [1.165, 1.54) is 4.90 Å². The lowest BCUT2D eigenvalue weighted by Gasteiger charge is -2.17. The highest BCUT2D eigenvalue weighted by molar-refractivity contribution is 6.08. The van der Waals surface area contributed by atoms with Crippen LogP contribution >= 0.6 is 0 Å². The van der Waals surface area contributed by atoms with Crippen molar-refractivity contribution in [3.05, 3.63) is 78.4 Å². The summed E-state index contributed by atoms with van der Waals surface area (Å²) in [6.45, 7) is 3.48. The van der Waals surface area contributed by atoms with E-state index in [0.717, 1.165) is 6.08 Å². The molecule has 2 rings (SSSR count). The van der Waals surface area contributed by atoms with E-state index in [0.29, 0.717) is 16.9 Å². The van der Waals surface area contributed by atoms with E-state index in [1.54, 1.807) is 43.4 Å². The number of benzene rings is 2. The molecular formula is C21H21NO5. The third-order valence-electron chi connectivity index (χ3n) is 3.78. The van der Waals surface area contributed by atoms with Crippen molar-refractivity contribution in [2.45, 2.75) is 0 Å². The molecule has 0 heterocycles. The number of hydrogen-bond donors (Lipinski definition) is 0. The van der Waals surface area contributed by atoms with Crippen LogP contribution in [0.4, 0.5) is 0 Å². The van der Waals surface area contributed by atoms with Crippen molar-refractivity contribution in [2.75, 3.05) is 26.8 Å². The number of carbonyl (C=O) groups excluding carboxylic acids is 3. The van der Waals surface area contributed by atoms with Gasteiger partial charge in [0.15, 0.2) is 12.4 Å². The Bertz CT molecular complexity index is 799. The third kappa shape index (κ3) is 6.11. The van der Waals surface area contributed by atoms with E-state index >= 15 is 0 Å². The van der Waals surface area contributed by atoms with Crippen molar-refractivity contribution in [3.8, 4) is 5.75 Å². The Morgan fingerprint density at radius 1 is 1.00 bits per heavy atom. The average molecular weight is 367 g/mol. The van der Waals surface area contributed by atoms with Crippen LogP contribution in [-0.4, -0.2) is 49.4 Å². The topological polar surface area (TPSA) is 72.9 Å². The summed E-state index contributed by atoms with van der Waals surface area (Å²) in [5, 5.41) is 0.